The molecule has 6 heteroatoms. The van der Waals surface area contributed by atoms with Crippen molar-refractivity contribution in [2.75, 3.05) is 26.3 Å². The van der Waals surface area contributed by atoms with Crippen LogP contribution in [0.1, 0.15) is 5.69 Å². The van der Waals surface area contributed by atoms with E-state index in [4.69, 9.17) is 4.74 Å². The summed E-state index contributed by atoms with van der Waals surface area (Å²) in [5.74, 6) is 0. The minimum Gasteiger partial charge on any atom is -0.379 e. The van der Waals surface area contributed by atoms with Crippen LogP contribution in [-0.4, -0.2) is 41.2 Å². The van der Waals surface area contributed by atoms with Crippen LogP contribution in [0.3, 0.4) is 0 Å². The fourth-order valence-electron chi connectivity index (χ4n) is 1.60. The van der Waals surface area contributed by atoms with Crippen molar-refractivity contribution in [3.63, 3.8) is 0 Å². The van der Waals surface area contributed by atoms with E-state index in [-0.39, 0.29) is 5.56 Å². The molecule has 0 aromatic carbocycles. The molecule has 1 fully saturated rings. The van der Waals surface area contributed by atoms with E-state index >= 15 is 0 Å². The number of ether oxygens (including phenoxy) is 1. The van der Waals surface area contributed by atoms with Gasteiger partial charge in [0.2, 0.25) is 0 Å². The van der Waals surface area contributed by atoms with Gasteiger partial charge in [-0.1, -0.05) is 0 Å². The van der Waals surface area contributed by atoms with Crippen molar-refractivity contribution in [2.24, 2.45) is 0 Å². The summed E-state index contributed by atoms with van der Waals surface area (Å²) in [5.41, 5.74) is -0.168. The van der Waals surface area contributed by atoms with Crippen molar-refractivity contribution in [1.82, 2.24) is 14.9 Å². The first-order valence-electron chi connectivity index (χ1n) is 4.87. The topological polar surface area (TPSA) is 78.2 Å². The van der Waals surface area contributed by atoms with Gasteiger partial charge in [0.1, 0.15) is 0 Å². The lowest BCUT2D eigenvalue weighted by Gasteiger charge is -2.26. The molecule has 6 nitrogen and oxygen atoms in total. The zero-order valence-electron chi connectivity index (χ0n) is 8.28. The van der Waals surface area contributed by atoms with Crippen LogP contribution in [0, 0.1) is 0 Å². The van der Waals surface area contributed by atoms with Gasteiger partial charge >= 0.3 is 5.69 Å². The molecule has 2 rings (SSSR count). The Balaban J connectivity index is 2.09. The van der Waals surface area contributed by atoms with Crippen molar-refractivity contribution >= 4 is 0 Å². The molecule has 2 heterocycles. The average molecular weight is 211 g/mol. The molecule has 0 atom stereocenters. The van der Waals surface area contributed by atoms with Gasteiger partial charge in [0, 0.05) is 31.4 Å². The van der Waals surface area contributed by atoms with E-state index in [0.29, 0.717) is 25.5 Å². The first kappa shape index (κ1) is 10.1. The Bertz CT molecular complexity index is 402. The number of H-pyrrole nitrogens is 2. The summed E-state index contributed by atoms with van der Waals surface area (Å²) >= 11 is 0. The average Bonchev–Trinajstić information content (AvgIpc) is 2.17. The molecular weight excluding hydrogens is 198 g/mol. The molecule has 2 N–H and O–H groups in total. The summed E-state index contributed by atoms with van der Waals surface area (Å²) in [6.45, 7) is 3.65. The molecule has 1 saturated heterocycles. The van der Waals surface area contributed by atoms with Crippen LogP contribution in [-0.2, 0) is 11.3 Å². The third kappa shape index (κ3) is 2.77. The maximum atomic E-state index is 11.0. The van der Waals surface area contributed by atoms with Crippen molar-refractivity contribution in [3.05, 3.63) is 32.6 Å². The summed E-state index contributed by atoms with van der Waals surface area (Å²) in [4.78, 5) is 28.9. The highest BCUT2D eigenvalue weighted by Gasteiger charge is 2.11. The second-order valence-electron chi connectivity index (χ2n) is 3.50. The highest BCUT2D eigenvalue weighted by Crippen LogP contribution is 2.01. The minimum atomic E-state index is -0.453. The predicted octanol–water partition coefficient (Wildman–Crippen LogP) is -1.10. The van der Waals surface area contributed by atoms with Gasteiger partial charge in [0.25, 0.3) is 5.56 Å². The monoisotopic (exact) mass is 211 g/mol. The lowest BCUT2D eigenvalue weighted by Crippen LogP contribution is -2.37. The molecule has 0 bridgehead atoms. The predicted molar refractivity (Wildman–Crippen MR) is 53.8 cm³/mol. The van der Waals surface area contributed by atoms with Crippen LogP contribution in [0.4, 0.5) is 0 Å². The van der Waals surface area contributed by atoms with Crippen molar-refractivity contribution in [2.45, 2.75) is 6.54 Å². The Morgan fingerprint density at radius 3 is 2.67 bits per heavy atom. The summed E-state index contributed by atoms with van der Waals surface area (Å²) in [5, 5.41) is 0. The lowest BCUT2D eigenvalue weighted by molar-refractivity contribution is 0.0336. The van der Waals surface area contributed by atoms with E-state index in [2.05, 4.69) is 14.9 Å². The minimum absolute atomic E-state index is 0.359. The first-order chi connectivity index (χ1) is 7.24. The summed E-state index contributed by atoms with van der Waals surface area (Å²) in [6, 6.07) is 1.41. The number of morpholine rings is 1. The Morgan fingerprint density at radius 1 is 1.27 bits per heavy atom. The molecule has 0 aliphatic carbocycles. The van der Waals surface area contributed by atoms with Gasteiger partial charge in [0.05, 0.1) is 13.2 Å². The largest absolute Gasteiger partial charge is 0.379 e. The summed E-state index contributed by atoms with van der Waals surface area (Å²) < 4.78 is 5.20. The van der Waals surface area contributed by atoms with Gasteiger partial charge in [-0.3, -0.25) is 14.7 Å². The molecule has 0 unspecified atom stereocenters. The van der Waals surface area contributed by atoms with E-state index in [9.17, 15) is 9.59 Å². The van der Waals surface area contributed by atoms with Gasteiger partial charge in [-0.15, -0.1) is 0 Å². The van der Waals surface area contributed by atoms with E-state index in [1.165, 1.54) is 6.07 Å². The molecule has 1 aliphatic heterocycles. The fourth-order valence-corrected chi connectivity index (χ4v) is 1.60. The van der Waals surface area contributed by atoms with Gasteiger partial charge in [-0.25, -0.2) is 4.79 Å². The van der Waals surface area contributed by atoms with Crippen molar-refractivity contribution < 1.29 is 4.74 Å². The van der Waals surface area contributed by atoms with Crippen LogP contribution >= 0.6 is 0 Å². The second kappa shape index (κ2) is 4.41. The zero-order chi connectivity index (χ0) is 10.7. The van der Waals surface area contributed by atoms with Gasteiger partial charge in [-0.2, -0.15) is 0 Å². The van der Waals surface area contributed by atoms with Crippen LogP contribution in [0.2, 0.25) is 0 Å². The third-order valence-electron chi connectivity index (χ3n) is 2.31. The van der Waals surface area contributed by atoms with Crippen LogP contribution < -0.4 is 11.2 Å². The quantitative estimate of drug-likeness (QED) is 0.650. The van der Waals surface area contributed by atoms with Crippen molar-refractivity contribution in [1.29, 1.82) is 0 Å². The number of aromatic nitrogens is 2. The van der Waals surface area contributed by atoms with Crippen LogP contribution in [0.25, 0.3) is 0 Å². The normalized spacial score (nSPS) is 17.9. The number of rotatable bonds is 2. The molecule has 0 radical (unpaired) electrons. The highest BCUT2D eigenvalue weighted by molar-refractivity contribution is 4.98. The lowest BCUT2D eigenvalue weighted by atomic mass is 10.3. The standard InChI is InChI=1S/C9H13N3O3/c13-8-5-7(10-9(14)11-8)6-12-1-3-15-4-2-12/h5H,1-4,6H2,(H2,10,11,13,14). The Hall–Kier alpha value is -1.40. The van der Waals surface area contributed by atoms with E-state index in [1.54, 1.807) is 0 Å². The molecule has 82 valence electrons. The smallest absolute Gasteiger partial charge is 0.325 e. The third-order valence-corrected chi connectivity index (χ3v) is 2.31. The van der Waals surface area contributed by atoms with Gasteiger partial charge in [-0.05, 0) is 0 Å². The van der Waals surface area contributed by atoms with Crippen molar-refractivity contribution in [3.8, 4) is 0 Å². The highest BCUT2D eigenvalue weighted by atomic mass is 16.5. The van der Waals surface area contributed by atoms with Gasteiger partial charge in [0.15, 0.2) is 0 Å². The molecule has 1 aliphatic rings. The van der Waals surface area contributed by atoms with Gasteiger partial charge < -0.3 is 9.72 Å². The Kier molecular flexibility index (Phi) is 2.98. The van der Waals surface area contributed by atoms with Crippen LogP contribution in [0.15, 0.2) is 15.7 Å². The van der Waals surface area contributed by atoms with E-state index in [1.807, 2.05) is 0 Å². The molecule has 0 spiro atoms. The molecule has 15 heavy (non-hydrogen) atoms. The van der Waals surface area contributed by atoms with E-state index in [0.717, 1.165) is 13.1 Å². The molecule has 0 saturated carbocycles. The zero-order valence-corrected chi connectivity index (χ0v) is 8.28. The van der Waals surface area contributed by atoms with E-state index < -0.39 is 5.69 Å². The molecule has 1 aromatic rings. The molecule has 0 amide bonds. The number of hydrogen-bond acceptors (Lipinski definition) is 4. The second-order valence-corrected chi connectivity index (χ2v) is 3.50. The fraction of sp³-hybridized carbons (Fsp3) is 0.556. The number of nitrogens with one attached hydrogen (secondary N) is 2. The first-order valence-corrected chi connectivity index (χ1v) is 4.87. The molecule has 1 aromatic heterocycles. The maximum absolute atomic E-state index is 11.0. The van der Waals surface area contributed by atoms with Crippen LogP contribution in [0.5, 0.6) is 0 Å². The molecular formula is C9H13N3O3. The Labute approximate surface area is 85.9 Å². The maximum Gasteiger partial charge on any atom is 0.325 e. The number of aromatic amines is 2. The summed E-state index contributed by atoms with van der Waals surface area (Å²) in [7, 11) is 0. The number of hydrogen-bond donors (Lipinski definition) is 2. The summed E-state index contributed by atoms with van der Waals surface area (Å²) in [6.07, 6.45) is 0. The SMILES string of the molecule is O=c1cc(CN2CCOCC2)[nH]c(=O)[nH]1. The number of nitrogens with zero attached hydrogens (tertiary/aromatic N) is 1. The Morgan fingerprint density at radius 2 is 2.00 bits per heavy atom.